The first-order valence-electron chi connectivity index (χ1n) is 11.9. The van der Waals surface area contributed by atoms with E-state index in [0.717, 1.165) is 35.1 Å². The first-order chi connectivity index (χ1) is 17.7. The van der Waals surface area contributed by atoms with Crippen LogP contribution in [0.2, 0.25) is 0 Å². The first-order valence-corrected chi connectivity index (χ1v) is 11.9. The van der Waals surface area contributed by atoms with E-state index >= 15 is 0 Å². The number of carbonyl (C=O) groups excluding carboxylic acids is 1. The van der Waals surface area contributed by atoms with Gasteiger partial charge in [0.2, 0.25) is 0 Å². The third-order valence-corrected chi connectivity index (χ3v) is 6.33. The maximum absolute atomic E-state index is 13.8. The third kappa shape index (κ3) is 4.48. The third-order valence-electron chi connectivity index (χ3n) is 6.33. The number of pyridine rings is 1. The topological polar surface area (TPSA) is 57.7 Å². The number of Topliss-reactive ketones (excluding diaryl/α,β-unsaturated/α-hetero) is 1. The quantitative estimate of drug-likeness (QED) is 0.266. The predicted molar refractivity (Wildman–Crippen MR) is 141 cm³/mol. The van der Waals surface area contributed by atoms with Crippen LogP contribution < -0.4 is 14.2 Å². The lowest BCUT2D eigenvalue weighted by atomic mass is 9.93. The first kappa shape index (κ1) is 23.4. The predicted octanol–water partition coefficient (Wildman–Crippen LogP) is 6.27. The standard InChI is InChI=1S/C31H27NO4/c1-34-26-13-6-14-27(35-2)30(26)29-24-16-15-23(36-18-8-11-21-9-4-3-5-10-21)19-25(24)31(33)28(29)22-12-7-17-32-20-22/h3-7,9-10,12-17,19-20H,8,11,18H2,1-2H3. The normalized spacial score (nSPS) is 12.4. The molecule has 0 fully saturated rings. The molecule has 3 aromatic carbocycles. The largest absolute Gasteiger partial charge is 0.496 e. The molecule has 0 N–H and O–H groups in total. The Labute approximate surface area is 211 Å². The van der Waals surface area contributed by atoms with E-state index in [-0.39, 0.29) is 5.78 Å². The second-order valence-electron chi connectivity index (χ2n) is 8.50. The van der Waals surface area contributed by atoms with Crippen molar-refractivity contribution >= 4 is 16.9 Å². The van der Waals surface area contributed by atoms with Crippen LogP contribution in [-0.4, -0.2) is 31.6 Å². The number of hydrogen-bond acceptors (Lipinski definition) is 5. The summed E-state index contributed by atoms with van der Waals surface area (Å²) < 4.78 is 17.4. The van der Waals surface area contributed by atoms with E-state index in [0.29, 0.717) is 35.0 Å². The molecule has 1 heterocycles. The van der Waals surface area contributed by atoms with Gasteiger partial charge >= 0.3 is 0 Å². The molecule has 5 heteroatoms. The van der Waals surface area contributed by atoms with Crippen molar-refractivity contribution in [3.05, 3.63) is 119 Å². The molecule has 0 bridgehead atoms. The van der Waals surface area contributed by atoms with E-state index in [1.807, 2.05) is 66.7 Å². The highest BCUT2D eigenvalue weighted by molar-refractivity contribution is 6.41. The van der Waals surface area contributed by atoms with Crippen LogP contribution in [0.25, 0.3) is 11.1 Å². The minimum Gasteiger partial charge on any atom is -0.496 e. The molecule has 0 saturated carbocycles. The van der Waals surface area contributed by atoms with Gasteiger partial charge in [0.15, 0.2) is 5.78 Å². The Balaban J connectivity index is 1.51. The molecular formula is C31H27NO4. The Morgan fingerprint density at radius 3 is 2.25 bits per heavy atom. The van der Waals surface area contributed by atoms with Crippen molar-refractivity contribution in [1.29, 1.82) is 0 Å². The maximum atomic E-state index is 13.8. The van der Waals surface area contributed by atoms with Gasteiger partial charge in [-0.1, -0.05) is 42.5 Å². The molecule has 0 aliphatic heterocycles. The van der Waals surface area contributed by atoms with Gasteiger partial charge < -0.3 is 14.2 Å². The van der Waals surface area contributed by atoms with Crippen LogP contribution in [-0.2, 0) is 6.42 Å². The molecule has 5 rings (SSSR count). The number of fused-ring (bicyclic) bond motifs is 1. The zero-order valence-corrected chi connectivity index (χ0v) is 20.4. The highest BCUT2D eigenvalue weighted by Gasteiger charge is 2.34. The molecule has 1 aliphatic rings. The molecule has 180 valence electrons. The second-order valence-corrected chi connectivity index (χ2v) is 8.50. The summed E-state index contributed by atoms with van der Waals surface area (Å²) in [6.07, 6.45) is 5.23. The number of ether oxygens (including phenoxy) is 3. The summed E-state index contributed by atoms with van der Waals surface area (Å²) in [4.78, 5) is 18.1. The van der Waals surface area contributed by atoms with Crippen LogP contribution in [0, 0.1) is 0 Å². The highest BCUT2D eigenvalue weighted by Crippen LogP contribution is 2.48. The molecule has 0 amide bonds. The van der Waals surface area contributed by atoms with Crippen molar-refractivity contribution in [2.24, 2.45) is 0 Å². The fourth-order valence-electron chi connectivity index (χ4n) is 4.66. The van der Waals surface area contributed by atoms with E-state index in [2.05, 4.69) is 17.1 Å². The zero-order valence-electron chi connectivity index (χ0n) is 20.4. The number of hydrogen-bond donors (Lipinski definition) is 0. The number of allylic oxidation sites excluding steroid dienone is 1. The lowest BCUT2D eigenvalue weighted by molar-refractivity contribution is 0.105. The number of carbonyl (C=O) groups is 1. The van der Waals surface area contributed by atoms with Gasteiger partial charge in [0, 0.05) is 34.7 Å². The van der Waals surface area contributed by atoms with E-state index in [4.69, 9.17) is 14.2 Å². The Hall–Kier alpha value is -4.38. The monoisotopic (exact) mass is 477 g/mol. The molecule has 1 aliphatic carbocycles. The minimum atomic E-state index is -0.0734. The van der Waals surface area contributed by atoms with Crippen molar-refractivity contribution in [1.82, 2.24) is 4.98 Å². The van der Waals surface area contributed by atoms with E-state index in [1.54, 1.807) is 26.6 Å². The van der Waals surface area contributed by atoms with Crippen molar-refractivity contribution in [2.75, 3.05) is 20.8 Å². The Bertz CT molecular complexity index is 1390. The molecule has 0 radical (unpaired) electrons. The maximum Gasteiger partial charge on any atom is 0.195 e. The number of methoxy groups -OCH3 is 2. The van der Waals surface area contributed by atoms with Gasteiger partial charge in [-0.3, -0.25) is 9.78 Å². The smallest absolute Gasteiger partial charge is 0.195 e. The highest BCUT2D eigenvalue weighted by atomic mass is 16.5. The lowest BCUT2D eigenvalue weighted by Crippen LogP contribution is -2.02. The summed E-state index contributed by atoms with van der Waals surface area (Å²) in [5.41, 5.74) is 5.52. The van der Waals surface area contributed by atoms with Crippen LogP contribution >= 0.6 is 0 Å². The number of nitrogens with zero attached hydrogens (tertiary/aromatic N) is 1. The molecule has 5 nitrogen and oxygen atoms in total. The summed E-state index contributed by atoms with van der Waals surface area (Å²) in [6.45, 7) is 0.567. The van der Waals surface area contributed by atoms with Crippen molar-refractivity contribution in [2.45, 2.75) is 12.8 Å². The van der Waals surface area contributed by atoms with Gasteiger partial charge in [-0.05, 0) is 60.4 Å². The second kappa shape index (κ2) is 10.5. The van der Waals surface area contributed by atoms with Gasteiger partial charge in [0.25, 0.3) is 0 Å². The van der Waals surface area contributed by atoms with Crippen molar-refractivity contribution < 1.29 is 19.0 Å². The Morgan fingerprint density at radius 2 is 1.56 bits per heavy atom. The molecular weight excluding hydrogens is 450 g/mol. The van der Waals surface area contributed by atoms with Crippen LogP contribution in [0.15, 0.2) is 91.3 Å². The average Bonchev–Trinajstić information content (AvgIpc) is 3.22. The molecule has 36 heavy (non-hydrogen) atoms. The van der Waals surface area contributed by atoms with Crippen LogP contribution in [0.4, 0.5) is 0 Å². The summed E-state index contributed by atoms with van der Waals surface area (Å²) >= 11 is 0. The molecule has 0 saturated heterocycles. The summed E-state index contributed by atoms with van der Waals surface area (Å²) in [5.74, 6) is 1.87. The van der Waals surface area contributed by atoms with E-state index < -0.39 is 0 Å². The van der Waals surface area contributed by atoms with Gasteiger partial charge in [-0.2, -0.15) is 0 Å². The number of rotatable bonds is 9. The van der Waals surface area contributed by atoms with Crippen LogP contribution in [0.3, 0.4) is 0 Å². The fourth-order valence-corrected chi connectivity index (χ4v) is 4.66. The SMILES string of the molecule is COc1cccc(OC)c1C1=C(c2cccnc2)C(=O)c2cc(OCCCc3ccccc3)ccc21. The molecule has 0 unspecified atom stereocenters. The van der Waals surface area contributed by atoms with E-state index in [9.17, 15) is 4.79 Å². The molecule has 1 aromatic heterocycles. The minimum absolute atomic E-state index is 0.0734. The molecule has 4 aromatic rings. The zero-order chi connectivity index (χ0) is 24.9. The number of aryl methyl sites for hydroxylation is 1. The van der Waals surface area contributed by atoms with Gasteiger partial charge in [0.1, 0.15) is 17.2 Å². The lowest BCUT2D eigenvalue weighted by Gasteiger charge is -2.16. The Kier molecular flexibility index (Phi) is 6.80. The average molecular weight is 478 g/mol. The van der Waals surface area contributed by atoms with Gasteiger partial charge in [-0.15, -0.1) is 0 Å². The number of aromatic nitrogens is 1. The fraction of sp³-hybridized carbons (Fsp3) is 0.161. The molecule has 0 spiro atoms. The molecule has 0 atom stereocenters. The van der Waals surface area contributed by atoms with Gasteiger partial charge in [-0.25, -0.2) is 0 Å². The van der Waals surface area contributed by atoms with Gasteiger partial charge in [0.05, 0.1) is 26.4 Å². The van der Waals surface area contributed by atoms with Crippen LogP contribution in [0.5, 0.6) is 17.2 Å². The number of benzene rings is 3. The van der Waals surface area contributed by atoms with Crippen molar-refractivity contribution in [3.63, 3.8) is 0 Å². The van der Waals surface area contributed by atoms with E-state index in [1.165, 1.54) is 5.56 Å². The summed E-state index contributed by atoms with van der Waals surface area (Å²) in [7, 11) is 3.24. The summed E-state index contributed by atoms with van der Waals surface area (Å²) in [5, 5.41) is 0. The number of ketones is 1. The Morgan fingerprint density at radius 1 is 0.778 bits per heavy atom. The van der Waals surface area contributed by atoms with Crippen LogP contribution in [0.1, 0.15) is 39.0 Å². The summed E-state index contributed by atoms with van der Waals surface area (Å²) in [6, 6.07) is 25.4. The van der Waals surface area contributed by atoms with Crippen molar-refractivity contribution in [3.8, 4) is 17.2 Å².